The second-order valence-electron chi connectivity index (χ2n) is 4.45. The van der Waals surface area contributed by atoms with Gasteiger partial charge in [-0.1, -0.05) is 0 Å². The molecule has 2 aromatic heterocycles. The SMILES string of the molecule is Cc1nc(-c2c[nH]c(C(=O)NCCC(C)O)c2)cs1. The number of carbonyl (C=O) groups is 1. The minimum atomic E-state index is -0.405. The van der Waals surface area contributed by atoms with Crippen molar-refractivity contribution in [2.24, 2.45) is 0 Å². The van der Waals surface area contributed by atoms with Gasteiger partial charge < -0.3 is 15.4 Å². The zero-order chi connectivity index (χ0) is 13.8. The van der Waals surface area contributed by atoms with Crippen LogP contribution in [0.4, 0.5) is 0 Å². The van der Waals surface area contributed by atoms with Gasteiger partial charge in [-0.2, -0.15) is 0 Å². The van der Waals surface area contributed by atoms with Crippen LogP contribution in [0.5, 0.6) is 0 Å². The number of aliphatic hydroxyl groups is 1. The molecule has 0 spiro atoms. The molecule has 0 aromatic carbocycles. The number of aromatic amines is 1. The lowest BCUT2D eigenvalue weighted by molar-refractivity contribution is 0.0941. The van der Waals surface area contributed by atoms with E-state index in [1.54, 1.807) is 30.5 Å². The molecule has 5 nitrogen and oxygen atoms in total. The Balaban J connectivity index is 1.98. The van der Waals surface area contributed by atoms with E-state index < -0.39 is 6.10 Å². The Kier molecular flexibility index (Phi) is 4.34. The van der Waals surface area contributed by atoms with Gasteiger partial charge in [-0.25, -0.2) is 4.98 Å². The summed E-state index contributed by atoms with van der Waals surface area (Å²) in [6.07, 6.45) is 1.92. The van der Waals surface area contributed by atoms with Crippen LogP contribution in [0, 0.1) is 6.92 Å². The molecular formula is C13H17N3O2S. The molecule has 0 bridgehead atoms. The highest BCUT2D eigenvalue weighted by atomic mass is 32.1. The predicted octanol–water partition coefficient (Wildman–Crippen LogP) is 1.95. The Hall–Kier alpha value is -1.66. The molecule has 0 radical (unpaired) electrons. The molecular weight excluding hydrogens is 262 g/mol. The number of rotatable bonds is 5. The summed E-state index contributed by atoms with van der Waals surface area (Å²) in [5.74, 6) is -0.168. The van der Waals surface area contributed by atoms with E-state index in [1.165, 1.54) is 0 Å². The van der Waals surface area contributed by atoms with Gasteiger partial charge in [0, 0.05) is 23.7 Å². The molecule has 6 heteroatoms. The maximum atomic E-state index is 11.8. The van der Waals surface area contributed by atoms with E-state index in [9.17, 15) is 4.79 Å². The first-order valence-electron chi connectivity index (χ1n) is 6.13. The lowest BCUT2D eigenvalue weighted by Crippen LogP contribution is -2.26. The van der Waals surface area contributed by atoms with Crippen LogP contribution in [0.2, 0.25) is 0 Å². The van der Waals surface area contributed by atoms with Gasteiger partial charge in [0.2, 0.25) is 0 Å². The Morgan fingerprint density at radius 2 is 2.42 bits per heavy atom. The second-order valence-corrected chi connectivity index (χ2v) is 5.51. The van der Waals surface area contributed by atoms with Gasteiger partial charge in [0.15, 0.2) is 0 Å². The Bertz CT molecular complexity index is 560. The van der Waals surface area contributed by atoms with E-state index in [0.717, 1.165) is 16.3 Å². The van der Waals surface area contributed by atoms with Crippen LogP contribution in [0.15, 0.2) is 17.6 Å². The number of nitrogens with zero attached hydrogens (tertiary/aromatic N) is 1. The van der Waals surface area contributed by atoms with Crippen molar-refractivity contribution in [3.63, 3.8) is 0 Å². The zero-order valence-corrected chi connectivity index (χ0v) is 11.8. The first-order valence-corrected chi connectivity index (χ1v) is 7.01. The van der Waals surface area contributed by atoms with Crippen molar-refractivity contribution in [3.05, 3.63) is 28.3 Å². The van der Waals surface area contributed by atoms with Crippen LogP contribution in [-0.2, 0) is 0 Å². The summed E-state index contributed by atoms with van der Waals surface area (Å²) in [5, 5.41) is 14.8. The van der Waals surface area contributed by atoms with Crippen LogP contribution in [0.3, 0.4) is 0 Å². The van der Waals surface area contributed by atoms with E-state index in [0.29, 0.717) is 18.7 Å². The van der Waals surface area contributed by atoms with E-state index in [4.69, 9.17) is 5.11 Å². The molecule has 2 heterocycles. The molecule has 2 aromatic rings. The summed E-state index contributed by atoms with van der Waals surface area (Å²) < 4.78 is 0. The largest absolute Gasteiger partial charge is 0.393 e. The number of thiazole rings is 1. The molecule has 2 rings (SSSR count). The minimum Gasteiger partial charge on any atom is -0.393 e. The average Bonchev–Trinajstić information content (AvgIpc) is 2.96. The zero-order valence-electron chi connectivity index (χ0n) is 10.9. The van der Waals surface area contributed by atoms with E-state index in [2.05, 4.69) is 15.3 Å². The van der Waals surface area contributed by atoms with E-state index in [1.807, 2.05) is 12.3 Å². The smallest absolute Gasteiger partial charge is 0.267 e. The fourth-order valence-corrected chi connectivity index (χ4v) is 2.28. The van der Waals surface area contributed by atoms with Crippen molar-refractivity contribution in [3.8, 4) is 11.3 Å². The second kappa shape index (κ2) is 5.99. The predicted molar refractivity (Wildman–Crippen MR) is 75.3 cm³/mol. The number of hydrogen-bond donors (Lipinski definition) is 3. The van der Waals surface area contributed by atoms with E-state index >= 15 is 0 Å². The summed E-state index contributed by atoms with van der Waals surface area (Å²) in [4.78, 5) is 19.1. The van der Waals surface area contributed by atoms with Crippen molar-refractivity contribution < 1.29 is 9.90 Å². The molecule has 0 aliphatic heterocycles. The van der Waals surface area contributed by atoms with Gasteiger partial charge in [0.25, 0.3) is 5.91 Å². The van der Waals surface area contributed by atoms with Gasteiger partial charge >= 0.3 is 0 Å². The minimum absolute atomic E-state index is 0.168. The number of aryl methyl sites for hydroxylation is 1. The van der Waals surface area contributed by atoms with Crippen molar-refractivity contribution in [1.82, 2.24) is 15.3 Å². The molecule has 0 saturated carbocycles. The summed E-state index contributed by atoms with van der Waals surface area (Å²) in [6, 6.07) is 1.78. The number of carbonyl (C=O) groups excluding carboxylic acids is 1. The first-order chi connectivity index (χ1) is 9.06. The summed E-state index contributed by atoms with van der Waals surface area (Å²) in [5.41, 5.74) is 2.29. The Labute approximate surface area is 115 Å². The molecule has 1 unspecified atom stereocenters. The van der Waals surface area contributed by atoms with Crippen LogP contribution in [0.1, 0.15) is 28.8 Å². The van der Waals surface area contributed by atoms with Gasteiger partial charge in [0.05, 0.1) is 16.8 Å². The lowest BCUT2D eigenvalue weighted by Gasteiger charge is -2.05. The van der Waals surface area contributed by atoms with Crippen molar-refractivity contribution in [1.29, 1.82) is 0 Å². The van der Waals surface area contributed by atoms with Gasteiger partial charge in [0.1, 0.15) is 5.69 Å². The molecule has 19 heavy (non-hydrogen) atoms. The first kappa shape index (κ1) is 13.8. The molecule has 102 valence electrons. The average molecular weight is 279 g/mol. The maximum Gasteiger partial charge on any atom is 0.267 e. The lowest BCUT2D eigenvalue weighted by atomic mass is 10.2. The van der Waals surface area contributed by atoms with Crippen LogP contribution >= 0.6 is 11.3 Å². The third-order valence-electron chi connectivity index (χ3n) is 2.69. The van der Waals surface area contributed by atoms with Crippen LogP contribution in [0.25, 0.3) is 11.3 Å². The van der Waals surface area contributed by atoms with Crippen molar-refractivity contribution in [2.75, 3.05) is 6.54 Å². The number of aromatic nitrogens is 2. The third kappa shape index (κ3) is 3.65. The molecule has 0 saturated heterocycles. The Morgan fingerprint density at radius 1 is 1.63 bits per heavy atom. The molecule has 1 amide bonds. The van der Waals surface area contributed by atoms with Gasteiger partial charge in [-0.15, -0.1) is 11.3 Å². The monoisotopic (exact) mass is 279 g/mol. The molecule has 1 atom stereocenters. The topological polar surface area (TPSA) is 78.0 Å². The maximum absolute atomic E-state index is 11.8. The molecule has 0 aliphatic rings. The third-order valence-corrected chi connectivity index (χ3v) is 3.46. The number of H-pyrrole nitrogens is 1. The number of nitrogens with one attached hydrogen (secondary N) is 2. The fourth-order valence-electron chi connectivity index (χ4n) is 1.66. The van der Waals surface area contributed by atoms with Gasteiger partial charge in [-0.3, -0.25) is 4.79 Å². The fraction of sp³-hybridized carbons (Fsp3) is 0.385. The summed E-state index contributed by atoms with van der Waals surface area (Å²) in [6.45, 7) is 4.11. The summed E-state index contributed by atoms with van der Waals surface area (Å²) >= 11 is 1.58. The van der Waals surface area contributed by atoms with E-state index in [-0.39, 0.29) is 5.91 Å². The highest BCUT2D eigenvalue weighted by Crippen LogP contribution is 2.22. The highest BCUT2D eigenvalue weighted by Gasteiger charge is 2.10. The molecule has 0 aliphatic carbocycles. The van der Waals surface area contributed by atoms with Crippen LogP contribution in [-0.4, -0.2) is 33.6 Å². The van der Waals surface area contributed by atoms with Crippen molar-refractivity contribution >= 4 is 17.2 Å². The quantitative estimate of drug-likeness (QED) is 0.782. The van der Waals surface area contributed by atoms with Crippen LogP contribution < -0.4 is 5.32 Å². The number of aliphatic hydroxyl groups excluding tert-OH is 1. The Morgan fingerprint density at radius 3 is 3.05 bits per heavy atom. The number of hydrogen-bond acceptors (Lipinski definition) is 4. The standard InChI is InChI=1S/C13H17N3O2S/c1-8(17)3-4-14-13(18)11-5-10(6-15-11)12-7-19-9(2)16-12/h5-8,15,17H,3-4H2,1-2H3,(H,14,18). The highest BCUT2D eigenvalue weighted by molar-refractivity contribution is 7.09. The summed E-state index contributed by atoms with van der Waals surface area (Å²) in [7, 11) is 0. The molecule has 3 N–H and O–H groups in total. The van der Waals surface area contributed by atoms with Gasteiger partial charge in [-0.05, 0) is 26.3 Å². The number of amides is 1. The molecule has 0 fully saturated rings. The van der Waals surface area contributed by atoms with Crippen molar-refractivity contribution in [2.45, 2.75) is 26.4 Å². The normalized spacial score (nSPS) is 12.4.